The van der Waals surface area contributed by atoms with E-state index in [4.69, 9.17) is 4.74 Å². The highest BCUT2D eigenvalue weighted by atomic mass is 19.4. The minimum atomic E-state index is -4.54. The highest BCUT2D eigenvalue weighted by Crippen LogP contribution is 2.30. The molecule has 1 amide bonds. The molecule has 3 rings (SSSR count). The van der Waals surface area contributed by atoms with Gasteiger partial charge in [0, 0.05) is 17.1 Å². The minimum absolute atomic E-state index is 0.105. The molecule has 6 nitrogen and oxygen atoms in total. The van der Waals surface area contributed by atoms with Crippen molar-refractivity contribution in [3.8, 4) is 5.75 Å². The molecule has 26 heavy (non-hydrogen) atoms. The number of hydrogen-bond acceptors (Lipinski definition) is 5. The summed E-state index contributed by atoms with van der Waals surface area (Å²) in [7, 11) is 1.48. The molecule has 2 aromatic heterocycles. The average molecular weight is 362 g/mol. The molecule has 2 heterocycles. The minimum Gasteiger partial charge on any atom is -0.497 e. The Kier molecular flexibility index (Phi) is 4.61. The summed E-state index contributed by atoms with van der Waals surface area (Å²) >= 11 is 0. The van der Waals surface area contributed by atoms with Crippen LogP contribution >= 0.6 is 0 Å². The van der Waals surface area contributed by atoms with Crippen LogP contribution < -0.4 is 15.6 Å². The summed E-state index contributed by atoms with van der Waals surface area (Å²) in [4.78, 5) is 19.8. The van der Waals surface area contributed by atoms with Crippen LogP contribution in [0.2, 0.25) is 0 Å². The maximum Gasteiger partial charge on any atom is 0.433 e. The summed E-state index contributed by atoms with van der Waals surface area (Å²) in [5.74, 6) is 0.243. The van der Waals surface area contributed by atoms with Crippen LogP contribution in [0.3, 0.4) is 0 Å². The van der Waals surface area contributed by atoms with Gasteiger partial charge in [0.15, 0.2) is 5.82 Å². The van der Waals surface area contributed by atoms with Crippen LogP contribution in [0.1, 0.15) is 16.1 Å². The molecule has 0 aliphatic carbocycles. The Balaban J connectivity index is 1.81. The van der Waals surface area contributed by atoms with Gasteiger partial charge in [0.2, 0.25) is 0 Å². The van der Waals surface area contributed by atoms with Crippen molar-refractivity contribution >= 4 is 22.6 Å². The lowest BCUT2D eigenvalue weighted by Gasteiger charge is -2.12. The van der Waals surface area contributed by atoms with E-state index in [0.717, 1.165) is 6.07 Å². The number of nitrogens with zero attached hydrogens (tertiary/aromatic N) is 2. The zero-order valence-electron chi connectivity index (χ0n) is 13.5. The molecule has 0 radical (unpaired) electrons. The number of benzene rings is 1. The van der Waals surface area contributed by atoms with Gasteiger partial charge in [-0.25, -0.2) is 9.97 Å². The molecule has 2 N–H and O–H groups in total. The van der Waals surface area contributed by atoms with E-state index in [1.54, 1.807) is 24.3 Å². The molecule has 0 spiro atoms. The fourth-order valence-corrected chi connectivity index (χ4v) is 2.26. The number of carbonyl (C=O) groups excluding carboxylic acids is 1. The number of halogens is 3. The Hall–Kier alpha value is -3.36. The number of hydrogen-bond donors (Lipinski definition) is 2. The second-order valence-corrected chi connectivity index (χ2v) is 5.23. The van der Waals surface area contributed by atoms with Crippen molar-refractivity contribution in [3.05, 3.63) is 59.9 Å². The molecule has 134 valence electrons. The standard InChI is InChI=1S/C17H13F3N4O2/c1-26-11-4-2-3-10(9-11)16(25)24-23-15-12-5-6-14(17(18,19)20)22-13(12)7-8-21-15/h2-9H,1H3,(H,21,23)(H,24,25). The number of amides is 1. The second kappa shape index (κ2) is 6.87. The molecule has 3 aromatic rings. The van der Waals surface area contributed by atoms with Crippen LogP contribution in [0.25, 0.3) is 10.9 Å². The predicted octanol–water partition coefficient (Wildman–Crippen LogP) is 3.41. The summed E-state index contributed by atoms with van der Waals surface area (Å²) in [5, 5.41) is 0.339. The van der Waals surface area contributed by atoms with Gasteiger partial charge >= 0.3 is 6.18 Å². The van der Waals surface area contributed by atoms with Crippen molar-refractivity contribution in [1.82, 2.24) is 15.4 Å². The van der Waals surface area contributed by atoms with E-state index in [9.17, 15) is 18.0 Å². The first-order chi connectivity index (χ1) is 12.4. The number of carbonyl (C=O) groups is 1. The maximum atomic E-state index is 12.8. The summed E-state index contributed by atoms with van der Waals surface area (Å²) in [5.41, 5.74) is 4.50. The number of pyridine rings is 2. The number of methoxy groups -OCH3 is 1. The van der Waals surface area contributed by atoms with E-state index in [1.807, 2.05) is 0 Å². The van der Waals surface area contributed by atoms with Crippen LogP contribution in [0.4, 0.5) is 19.0 Å². The third kappa shape index (κ3) is 3.66. The normalized spacial score (nSPS) is 11.2. The van der Waals surface area contributed by atoms with Crippen molar-refractivity contribution in [1.29, 1.82) is 0 Å². The molecular weight excluding hydrogens is 349 g/mol. The molecule has 0 saturated heterocycles. The lowest BCUT2D eigenvalue weighted by atomic mass is 10.2. The number of nitrogens with one attached hydrogen (secondary N) is 2. The van der Waals surface area contributed by atoms with Crippen molar-refractivity contribution in [2.45, 2.75) is 6.18 Å². The first-order valence-electron chi connectivity index (χ1n) is 7.42. The number of anilines is 1. The first kappa shape index (κ1) is 17.5. The lowest BCUT2D eigenvalue weighted by Crippen LogP contribution is -2.29. The van der Waals surface area contributed by atoms with Gasteiger partial charge in [0.05, 0.1) is 12.6 Å². The van der Waals surface area contributed by atoms with E-state index in [1.165, 1.54) is 25.4 Å². The Morgan fingerprint density at radius 2 is 1.96 bits per heavy atom. The van der Waals surface area contributed by atoms with Crippen molar-refractivity contribution < 1.29 is 22.7 Å². The fourth-order valence-electron chi connectivity index (χ4n) is 2.26. The second-order valence-electron chi connectivity index (χ2n) is 5.23. The third-order valence-electron chi connectivity index (χ3n) is 3.53. The van der Waals surface area contributed by atoms with Gasteiger partial charge in [0.1, 0.15) is 11.4 Å². The maximum absolute atomic E-state index is 12.8. The van der Waals surface area contributed by atoms with Gasteiger partial charge < -0.3 is 4.74 Å². The highest BCUT2D eigenvalue weighted by molar-refractivity contribution is 5.96. The SMILES string of the molecule is COc1cccc(C(=O)NNc2nccc3nc(C(F)(F)F)ccc23)c1. The van der Waals surface area contributed by atoms with Crippen molar-refractivity contribution in [2.24, 2.45) is 0 Å². The van der Waals surface area contributed by atoms with Crippen LogP contribution in [-0.4, -0.2) is 23.0 Å². The molecule has 0 saturated carbocycles. The van der Waals surface area contributed by atoms with Gasteiger partial charge in [-0.2, -0.15) is 13.2 Å². The summed E-state index contributed by atoms with van der Waals surface area (Å²) in [6, 6.07) is 9.96. The van der Waals surface area contributed by atoms with Gasteiger partial charge in [-0.05, 0) is 36.4 Å². The Morgan fingerprint density at radius 3 is 2.69 bits per heavy atom. The fraction of sp³-hybridized carbons (Fsp3) is 0.118. The zero-order valence-corrected chi connectivity index (χ0v) is 13.5. The largest absolute Gasteiger partial charge is 0.497 e. The molecule has 0 bridgehead atoms. The van der Waals surface area contributed by atoms with E-state index < -0.39 is 17.8 Å². The molecule has 0 atom stereocenters. The number of alkyl halides is 3. The summed E-state index contributed by atoms with van der Waals surface area (Å²) in [6.07, 6.45) is -3.23. The van der Waals surface area contributed by atoms with Crippen LogP contribution in [0.5, 0.6) is 5.75 Å². The Bertz CT molecular complexity index is 960. The molecule has 0 unspecified atom stereocenters. The number of fused-ring (bicyclic) bond motifs is 1. The van der Waals surface area contributed by atoms with E-state index >= 15 is 0 Å². The van der Waals surface area contributed by atoms with Crippen LogP contribution in [0, 0.1) is 0 Å². The third-order valence-corrected chi connectivity index (χ3v) is 3.53. The van der Waals surface area contributed by atoms with Crippen LogP contribution in [0.15, 0.2) is 48.7 Å². The van der Waals surface area contributed by atoms with E-state index in [0.29, 0.717) is 16.7 Å². The number of aromatic nitrogens is 2. The Morgan fingerprint density at radius 1 is 1.15 bits per heavy atom. The predicted molar refractivity (Wildman–Crippen MR) is 88.6 cm³/mol. The van der Waals surface area contributed by atoms with Crippen LogP contribution in [-0.2, 0) is 6.18 Å². The lowest BCUT2D eigenvalue weighted by molar-refractivity contribution is -0.140. The molecule has 0 aliphatic heterocycles. The summed E-state index contributed by atoms with van der Waals surface area (Å²) < 4.78 is 43.3. The van der Waals surface area contributed by atoms with Gasteiger partial charge in [-0.1, -0.05) is 6.07 Å². The molecular formula is C17H13F3N4O2. The molecule has 0 fully saturated rings. The van der Waals surface area contributed by atoms with Crippen molar-refractivity contribution in [2.75, 3.05) is 12.5 Å². The molecule has 1 aromatic carbocycles. The number of hydrazine groups is 1. The quantitative estimate of drug-likeness (QED) is 0.696. The Labute approximate surface area is 146 Å². The van der Waals surface area contributed by atoms with Gasteiger partial charge in [-0.3, -0.25) is 15.6 Å². The molecule has 9 heteroatoms. The number of rotatable bonds is 4. The zero-order chi connectivity index (χ0) is 18.7. The molecule has 0 aliphatic rings. The summed E-state index contributed by atoms with van der Waals surface area (Å²) in [6.45, 7) is 0. The van der Waals surface area contributed by atoms with Crippen molar-refractivity contribution in [3.63, 3.8) is 0 Å². The van der Waals surface area contributed by atoms with E-state index in [-0.39, 0.29) is 11.3 Å². The smallest absolute Gasteiger partial charge is 0.433 e. The average Bonchev–Trinajstić information content (AvgIpc) is 2.64. The first-order valence-corrected chi connectivity index (χ1v) is 7.42. The highest BCUT2D eigenvalue weighted by Gasteiger charge is 2.32. The number of ether oxygens (including phenoxy) is 1. The van der Waals surface area contributed by atoms with E-state index in [2.05, 4.69) is 20.8 Å². The monoisotopic (exact) mass is 362 g/mol. The van der Waals surface area contributed by atoms with Gasteiger partial charge in [0.25, 0.3) is 5.91 Å². The topological polar surface area (TPSA) is 76.1 Å². The van der Waals surface area contributed by atoms with Gasteiger partial charge in [-0.15, -0.1) is 0 Å².